The van der Waals surface area contributed by atoms with Crippen LogP contribution in [0.5, 0.6) is 0 Å². The van der Waals surface area contributed by atoms with E-state index in [-0.39, 0.29) is 5.84 Å². The molecule has 1 heterocycles. The fraction of sp³-hybridized carbons (Fsp3) is 0.500. The summed E-state index contributed by atoms with van der Waals surface area (Å²) in [7, 11) is 0. The summed E-state index contributed by atoms with van der Waals surface area (Å²) in [6, 6.07) is 0. The Labute approximate surface area is 94.2 Å². The Balaban J connectivity index is 2.89. The van der Waals surface area contributed by atoms with Crippen LogP contribution in [0.25, 0.3) is 0 Å². The van der Waals surface area contributed by atoms with Gasteiger partial charge in [0.25, 0.3) is 0 Å². The number of thioether (sulfide) groups is 1. The molecular weight excluding hydrogens is 208 g/mol. The van der Waals surface area contributed by atoms with Gasteiger partial charge in [0.1, 0.15) is 16.6 Å². The molecule has 0 aliphatic heterocycles. The predicted octanol–water partition coefficient (Wildman–Crippen LogP) is 1.90. The smallest absolute Gasteiger partial charge is 0.144 e. The molecule has 0 amide bonds. The van der Waals surface area contributed by atoms with Gasteiger partial charge >= 0.3 is 0 Å². The van der Waals surface area contributed by atoms with E-state index in [0.717, 1.165) is 5.03 Å². The molecule has 82 valence electrons. The molecule has 3 N–H and O–H groups in total. The summed E-state index contributed by atoms with van der Waals surface area (Å²) in [4.78, 5) is 8.26. The van der Waals surface area contributed by atoms with Gasteiger partial charge in [-0.3, -0.25) is 5.41 Å². The summed E-state index contributed by atoms with van der Waals surface area (Å²) in [6.45, 7) is 6.44. The van der Waals surface area contributed by atoms with Gasteiger partial charge in [0.05, 0.1) is 0 Å². The van der Waals surface area contributed by atoms with Crippen molar-refractivity contribution in [1.29, 1.82) is 5.41 Å². The number of nitrogens with zero attached hydrogens (tertiary/aromatic N) is 2. The van der Waals surface area contributed by atoms with E-state index in [1.807, 2.05) is 0 Å². The third kappa shape index (κ3) is 3.20. The lowest BCUT2D eigenvalue weighted by Crippen LogP contribution is -2.16. The van der Waals surface area contributed by atoms with E-state index in [9.17, 15) is 0 Å². The average molecular weight is 224 g/mol. The maximum absolute atomic E-state index is 7.39. The van der Waals surface area contributed by atoms with Gasteiger partial charge in [0, 0.05) is 17.6 Å². The summed E-state index contributed by atoms with van der Waals surface area (Å²) >= 11 is 1.61. The lowest BCUT2D eigenvalue weighted by molar-refractivity contribution is 0.641. The summed E-state index contributed by atoms with van der Waals surface area (Å²) < 4.78 is 0. The van der Waals surface area contributed by atoms with Gasteiger partial charge in [-0.1, -0.05) is 20.8 Å². The highest BCUT2D eigenvalue weighted by atomic mass is 32.2. The van der Waals surface area contributed by atoms with E-state index in [2.05, 4.69) is 30.7 Å². The second kappa shape index (κ2) is 5.11. The Morgan fingerprint density at radius 3 is 2.47 bits per heavy atom. The first-order chi connectivity index (χ1) is 7.02. The minimum absolute atomic E-state index is 0.0263. The Bertz CT molecular complexity index is 351. The largest absolute Gasteiger partial charge is 0.382 e. The fourth-order valence-corrected chi connectivity index (χ4v) is 1.93. The highest BCUT2D eigenvalue weighted by molar-refractivity contribution is 7.99. The summed E-state index contributed by atoms with van der Waals surface area (Å²) in [5, 5.41) is 8.56. The first-order valence-corrected chi connectivity index (χ1v) is 5.72. The number of nitrogens with two attached hydrogens (primary N) is 1. The molecule has 1 aromatic heterocycles. The van der Waals surface area contributed by atoms with Crippen molar-refractivity contribution in [1.82, 2.24) is 9.97 Å². The molecule has 0 saturated heterocycles. The number of aromatic nitrogens is 2. The van der Waals surface area contributed by atoms with Crippen molar-refractivity contribution in [2.75, 3.05) is 0 Å². The zero-order valence-electron chi connectivity index (χ0n) is 9.19. The molecule has 1 atom stereocenters. The molecule has 0 fully saturated rings. The molecule has 0 radical (unpaired) electrons. The Kier molecular flexibility index (Phi) is 4.08. The standard InChI is InChI=1S/C10H16N4S/c1-6(2)7(3)15-10-8(9(11)12)13-4-5-14-10/h4-7H,1-3H3,(H3,11,12). The maximum atomic E-state index is 7.39. The van der Waals surface area contributed by atoms with Gasteiger partial charge in [-0.25, -0.2) is 9.97 Å². The van der Waals surface area contributed by atoms with Gasteiger partial charge in [-0.15, -0.1) is 11.8 Å². The van der Waals surface area contributed by atoms with Gasteiger partial charge in [-0.2, -0.15) is 0 Å². The van der Waals surface area contributed by atoms with Gasteiger partial charge < -0.3 is 5.73 Å². The third-order valence-electron chi connectivity index (χ3n) is 2.16. The van der Waals surface area contributed by atoms with Crippen LogP contribution in [-0.4, -0.2) is 21.1 Å². The van der Waals surface area contributed by atoms with E-state index in [4.69, 9.17) is 11.1 Å². The van der Waals surface area contributed by atoms with E-state index in [0.29, 0.717) is 16.9 Å². The van der Waals surface area contributed by atoms with Crippen molar-refractivity contribution in [3.8, 4) is 0 Å². The topological polar surface area (TPSA) is 75.7 Å². The first kappa shape index (κ1) is 12.0. The van der Waals surface area contributed by atoms with Crippen molar-refractivity contribution in [3.05, 3.63) is 18.1 Å². The van der Waals surface area contributed by atoms with Crippen LogP contribution in [0.15, 0.2) is 17.4 Å². The van der Waals surface area contributed by atoms with Gasteiger partial charge in [-0.05, 0) is 5.92 Å². The average Bonchev–Trinajstić information content (AvgIpc) is 2.18. The van der Waals surface area contributed by atoms with Crippen LogP contribution in [0.1, 0.15) is 26.5 Å². The maximum Gasteiger partial charge on any atom is 0.144 e. The molecule has 0 aromatic carbocycles. The van der Waals surface area contributed by atoms with Crippen molar-refractivity contribution in [2.45, 2.75) is 31.0 Å². The van der Waals surface area contributed by atoms with Crippen LogP contribution in [0.2, 0.25) is 0 Å². The normalized spacial score (nSPS) is 12.8. The number of rotatable bonds is 4. The molecule has 1 rings (SSSR count). The lowest BCUT2D eigenvalue weighted by Gasteiger charge is -2.15. The minimum atomic E-state index is -0.0263. The van der Waals surface area contributed by atoms with Crippen LogP contribution < -0.4 is 5.73 Å². The molecule has 1 aromatic rings. The zero-order valence-corrected chi connectivity index (χ0v) is 10.0. The zero-order chi connectivity index (χ0) is 11.4. The van der Waals surface area contributed by atoms with E-state index < -0.39 is 0 Å². The molecular formula is C10H16N4S. The Morgan fingerprint density at radius 1 is 1.33 bits per heavy atom. The molecule has 1 unspecified atom stereocenters. The van der Waals surface area contributed by atoms with Gasteiger partial charge in [0.2, 0.25) is 0 Å². The molecule has 0 aliphatic rings. The fourth-order valence-electron chi connectivity index (χ4n) is 0.908. The highest BCUT2D eigenvalue weighted by Crippen LogP contribution is 2.27. The Morgan fingerprint density at radius 2 is 1.93 bits per heavy atom. The van der Waals surface area contributed by atoms with Crippen LogP contribution in [-0.2, 0) is 0 Å². The van der Waals surface area contributed by atoms with Crippen LogP contribution in [0, 0.1) is 11.3 Å². The van der Waals surface area contributed by atoms with E-state index in [1.165, 1.54) is 0 Å². The molecule has 0 spiro atoms. The summed E-state index contributed by atoms with van der Waals surface area (Å²) in [6.07, 6.45) is 3.18. The molecule has 0 aliphatic carbocycles. The first-order valence-electron chi connectivity index (χ1n) is 4.84. The molecule has 0 saturated carbocycles. The number of hydrogen-bond donors (Lipinski definition) is 2. The Hall–Kier alpha value is -1.10. The molecule has 15 heavy (non-hydrogen) atoms. The van der Waals surface area contributed by atoms with E-state index in [1.54, 1.807) is 24.2 Å². The number of amidine groups is 1. The second-order valence-corrected chi connectivity index (χ2v) is 5.06. The van der Waals surface area contributed by atoms with E-state index >= 15 is 0 Å². The van der Waals surface area contributed by atoms with Crippen molar-refractivity contribution >= 4 is 17.6 Å². The van der Waals surface area contributed by atoms with Crippen molar-refractivity contribution < 1.29 is 0 Å². The molecule has 4 nitrogen and oxygen atoms in total. The van der Waals surface area contributed by atoms with Crippen molar-refractivity contribution in [2.24, 2.45) is 11.7 Å². The SMILES string of the molecule is CC(C)C(C)Sc1nccnc1C(=N)N. The monoisotopic (exact) mass is 224 g/mol. The quantitative estimate of drug-likeness (QED) is 0.465. The summed E-state index contributed by atoms with van der Waals surface area (Å²) in [5.41, 5.74) is 5.92. The summed E-state index contributed by atoms with van der Waals surface area (Å²) in [5.74, 6) is 0.526. The van der Waals surface area contributed by atoms with Crippen LogP contribution in [0.3, 0.4) is 0 Å². The molecule has 5 heteroatoms. The van der Waals surface area contributed by atoms with Crippen molar-refractivity contribution in [3.63, 3.8) is 0 Å². The van der Waals surface area contributed by atoms with Gasteiger partial charge in [0.15, 0.2) is 0 Å². The highest BCUT2D eigenvalue weighted by Gasteiger charge is 2.14. The third-order valence-corrected chi connectivity index (χ3v) is 3.59. The number of hydrogen-bond acceptors (Lipinski definition) is 4. The number of nitrogens with one attached hydrogen (secondary N) is 1. The second-order valence-electron chi connectivity index (χ2n) is 3.69. The minimum Gasteiger partial charge on any atom is -0.382 e. The van der Waals surface area contributed by atoms with Crippen LogP contribution in [0.4, 0.5) is 0 Å². The lowest BCUT2D eigenvalue weighted by atomic mass is 10.2. The number of nitrogen functional groups attached to an aromatic ring is 1. The van der Waals surface area contributed by atoms with Crippen LogP contribution >= 0.6 is 11.8 Å². The predicted molar refractivity (Wildman–Crippen MR) is 63.2 cm³/mol. The molecule has 0 bridgehead atoms.